The lowest BCUT2D eigenvalue weighted by Gasteiger charge is -2.20. The van der Waals surface area contributed by atoms with Gasteiger partial charge < -0.3 is 15.0 Å². The maximum absolute atomic E-state index is 12.0. The lowest BCUT2D eigenvalue weighted by Crippen LogP contribution is -2.37. The number of ether oxygens (including phenoxy) is 1. The Hall–Kier alpha value is -2.21. The van der Waals surface area contributed by atoms with Crippen LogP contribution < -0.4 is 5.32 Å². The van der Waals surface area contributed by atoms with Gasteiger partial charge in [0.2, 0.25) is 11.8 Å². The smallest absolute Gasteiger partial charge is 0.243 e. The highest BCUT2D eigenvalue weighted by Crippen LogP contribution is 2.10. The fourth-order valence-corrected chi connectivity index (χ4v) is 1.91. The average Bonchev–Trinajstić information content (AvgIpc) is 2.46. The number of hydrogen-bond acceptors (Lipinski definition) is 4. The minimum atomic E-state index is -0.275. The molecule has 22 heavy (non-hydrogen) atoms. The molecule has 6 heteroatoms. The van der Waals surface area contributed by atoms with Crippen LogP contribution in [0.2, 0.25) is 0 Å². The van der Waals surface area contributed by atoms with Crippen LogP contribution in [0.3, 0.4) is 0 Å². The molecule has 0 saturated heterocycles. The third kappa shape index (κ3) is 6.05. The van der Waals surface area contributed by atoms with Crippen LogP contribution in [-0.2, 0) is 14.3 Å². The second kappa shape index (κ2) is 8.94. The number of carbonyl (C=O) groups excluding carboxylic acids is 3. The van der Waals surface area contributed by atoms with E-state index in [1.165, 1.54) is 18.7 Å². The average molecular weight is 306 g/mol. The van der Waals surface area contributed by atoms with E-state index in [1.807, 2.05) is 0 Å². The van der Waals surface area contributed by atoms with Crippen molar-refractivity contribution in [1.29, 1.82) is 0 Å². The van der Waals surface area contributed by atoms with Gasteiger partial charge in [-0.2, -0.15) is 0 Å². The van der Waals surface area contributed by atoms with Crippen molar-refractivity contribution in [2.45, 2.75) is 20.3 Å². The SMILES string of the molecule is COCCCN(CC(=O)Nc1ccc(C(C)=O)cc1)C(C)=O. The molecule has 0 fully saturated rings. The standard InChI is InChI=1S/C16H22N2O4/c1-12(19)14-5-7-15(8-6-14)17-16(21)11-18(13(2)20)9-4-10-22-3/h5-8H,4,9-11H2,1-3H3,(H,17,21). The Morgan fingerprint density at radius 3 is 2.27 bits per heavy atom. The summed E-state index contributed by atoms with van der Waals surface area (Å²) < 4.78 is 4.94. The number of ketones is 1. The molecule has 0 heterocycles. The van der Waals surface area contributed by atoms with Gasteiger partial charge in [-0.05, 0) is 37.6 Å². The second-order valence-corrected chi connectivity index (χ2v) is 4.97. The molecule has 0 radical (unpaired) electrons. The number of Topliss-reactive ketones (excluding diaryl/α,β-unsaturated/α-hetero) is 1. The van der Waals surface area contributed by atoms with E-state index in [9.17, 15) is 14.4 Å². The number of amides is 2. The van der Waals surface area contributed by atoms with Crippen molar-refractivity contribution in [3.8, 4) is 0 Å². The van der Waals surface area contributed by atoms with Crippen molar-refractivity contribution in [3.63, 3.8) is 0 Å². The summed E-state index contributed by atoms with van der Waals surface area (Å²) in [6.07, 6.45) is 0.677. The van der Waals surface area contributed by atoms with Gasteiger partial charge in [-0.1, -0.05) is 0 Å². The zero-order valence-electron chi connectivity index (χ0n) is 13.2. The summed E-state index contributed by atoms with van der Waals surface area (Å²) in [5.41, 5.74) is 1.18. The minimum Gasteiger partial charge on any atom is -0.385 e. The molecule has 0 aliphatic rings. The van der Waals surface area contributed by atoms with Crippen LogP contribution >= 0.6 is 0 Å². The van der Waals surface area contributed by atoms with Crippen LogP contribution in [0.15, 0.2) is 24.3 Å². The zero-order valence-corrected chi connectivity index (χ0v) is 13.2. The molecule has 6 nitrogen and oxygen atoms in total. The Kier molecular flexibility index (Phi) is 7.25. The summed E-state index contributed by atoms with van der Waals surface area (Å²) >= 11 is 0. The minimum absolute atomic E-state index is 0.00644. The number of anilines is 1. The maximum atomic E-state index is 12.0. The van der Waals surface area contributed by atoms with Crippen molar-refractivity contribution in [3.05, 3.63) is 29.8 Å². The van der Waals surface area contributed by atoms with E-state index >= 15 is 0 Å². The van der Waals surface area contributed by atoms with Crippen LogP contribution in [0.4, 0.5) is 5.69 Å². The molecule has 0 unspecified atom stereocenters. The van der Waals surface area contributed by atoms with Gasteiger partial charge in [-0.3, -0.25) is 14.4 Å². The van der Waals surface area contributed by atoms with E-state index in [4.69, 9.17) is 4.74 Å². The van der Waals surface area contributed by atoms with E-state index < -0.39 is 0 Å². The molecular formula is C16H22N2O4. The summed E-state index contributed by atoms with van der Waals surface area (Å²) in [6, 6.07) is 6.63. The van der Waals surface area contributed by atoms with Crippen molar-refractivity contribution >= 4 is 23.3 Å². The zero-order chi connectivity index (χ0) is 16.5. The number of hydrogen-bond donors (Lipinski definition) is 1. The predicted molar refractivity (Wildman–Crippen MR) is 83.8 cm³/mol. The summed E-state index contributed by atoms with van der Waals surface area (Å²) in [6.45, 7) is 3.92. The van der Waals surface area contributed by atoms with Gasteiger partial charge in [0, 0.05) is 38.4 Å². The van der Waals surface area contributed by atoms with Gasteiger partial charge in [0.1, 0.15) is 0 Å². The normalized spacial score (nSPS) is 10.1. The van der Waals surface area contributed by atoms with Gasteiger partial charge in [0.05, 0.1) is 6.54 Å². The quantitative estimate of drug-likeness (QED) is 0.586. The monoisotopic (exact) mass is 306 g/mol. The fraction of sp³-hybridized carbons (Fsp3) is 0.438. The fourth-order valence-electron chi connectivity index (χ4n) is 1.91. The highest BCUT2D eigenvalue weighted by molar-refractivity contribution is 5.96. The maximum Gasteiger partial charge on any atom is 0.243 e. The summed E-state index contributed by atoms with van der Waals surface area (Å²) in [5.74, 6) is -0.458. The van der Waals surface area contributed by atoms with E-state index in [2.05, 4.69) is 5.32 Å². The molecule has 120 valence electrons. The van der Waals surface area contributed by atoms with Gasteiger partial charge in [0.15, 0.2) is 5.78 Å². The van der Waals surface area contributed by atoms with Crippen LogP contribution in [0.1, 0.15) is 30.6 Å². The molecule has 2 amide bonds. The van der Waals surface area contributed by atoms with Crippen LogP contribution in [-0.4, -0.2) is 49.3 Å². The largest absolute Gasteiger partial charge is 0.385 e. The Balaban J connectivity index is 2.55. The number of methoxy groups -OCH3 is 1. The molecule has 0 aliphatic carbocycles. The Bertz CT molecular complexity index is 525. The number of carbonyl (C=O) groups is 3. The molecule has 0 spiro atoms. The highest BCUT2D eigenvalue weighted by atomic mass is 16.5. The Labute approximate surface area is 130 Å². The molecule has 0 atom stereocenters. The highest BCUT2D eigenvalue weighted by Gasteiger charge is 2.13. The first-order chi connectivity index (χ1) is 10.4. The Morgan fingerprint density at radius 1 is 1.14 bits per heavy atom. The molecular weight excluding hydrogens is 284 g/mol. The van der Waals surface area contributed by atoms with Crippen molar-refractivity contribution < 1.29 is 19.1 Å². The van der Waals surface area contributed by atoms with Crippen LogP contribution in [0.25, 0.3) is 0 Å². The third-order valence-electron chi connectivity index (χ3n) is 3.13. The second-order valence-electron chi connectivity index (χ2n) is 4.97. The number of rotatable bonds is 8. The van der Waals surface area contributed by atoms with Gasteiger partial charge in [-0.15, -0.1) is 0 Å². The summed E-state index contributed by atoms with van der Waals surface area (Å²) in [4.78, 5) is 36.1. The number of nitrogens with one attached hydrogen (secondary N) is 1. The molecule has 0 aromatic heterocycles. The molecule has 0 saturated carbocycles. The molecule has 0 bridgehead atoms. The number of benzene rings is 1. The first-order valence-electron chi connectivity index (χ1n) is 7.09. The Morgan fingerprint density at radius 2 is 1.77 bits per heavy atom. The van der Waals surface area contributed by atoms with Crippen molar-refractivity contribution in [2.75, 3.05) is 32.1 Å². The predicted octanol–water partition coefficient (Wildman–Crippen LogP) is 1.71. The molecule has 1 aromatic rings. The lowest BCUT2D eigenvalue weighted by atomic mass is 10.1. The van der Waals surface area contributed by atoms with Crippen molar-refractivity contribution in [1.82, 2.24) is 4.90 Å². The van der Waals surface area contributed by atoms with E-state index in [0.717, 1.165) is 0 Å². The van der Waals surface area contributed by atoms with Gasteiger partial charge in [0.25, 0.3) is 0 Å². The summed E-state index contributed by atoms with van der Waals surface area (Å²) in [7, 11) is 1.59. The van der Waals surface area contributed by atoms with E-state index in [1.54, 1.807) is 31.4 Å². The lowest BCUT2D eigenvalue weighted by molar-refractivity contribution is -0.132. The summed E-state index contributed by atoms with van der Waals surface area (Å²) in [5, 5.41) is 2.71. The first kappa shape index (κ1) is 17.8. The van der Waals surface area contributed by atoms with Gasteiger partial charge in [-0.25, -0.2) is 0 Å². The van der Waals surface area contributed by atoms with Crippen LogP contribution in [0.5, 0.6) is 0 Å². The third-order valence-corrected chi connectivity index (χ3v) is 3.13. The first-order valence-corrected chi connectivity index (χ1v) is 7.09. The molecule has 1 N–H and O–H groups in total. The van der Waals surface area contributed by atoms with Crippen molar-refractivity contribution in [2.24, 2.45) is 0 Å². The topological polar surface area (TPSA) is 75.7 Å². The molecule has 1 rings (SSSR count). The molecule has 1 aromatic carbocycles. The van der Waals surface area contributed by atoms with Crippen LogP contribution in [0, 0.1) is 0 Å². The van der Waals surface area contributed by atoms with E-state index in [-0.39, 0.29) is 24.1 Å². The molecule has 0 aliphatic heterocycles. The number of nitrogens with zero attached hydrogens (tertiary/aromatic N) is 1. The van der Waals surface area contributed by atoms with Gasteiger partial charge >= 0.3 is 0 Å². The van der Waals surface area contributed by atoms with E-state index in [0.29, 0.717) is 30.8 Å².